The first-order valence-electron chi connectivity index (χ1n) is 2.90. The molecule has 0 aliphatic rings. The van der Waals surface area contributed by atoms with E-state index in [1.54, 1.807) is 18.4 Å². The fourth-order valence-electron chi connectivity index (χ4n) is 0.742. The fraction of sp³-hybridized carbons (Fsp3) is 0.143. The van der Waals surface area contributed by atoms with Crippen LogP contribution in [0.15, 0.2) is 29.2 Å². The molecule has 3 heteroatoms. The minimum absolute atomic E-state index is 0.600. The van der Waals surface area contributed by atoms with Gasteiger partial charge in [-0.15, -0.1) is 0 Å². The molecule has 0 N–H and O–H groups in total. The second-order valence-corrected chi connectivity index (χ2v) is 3.34. The van der Waals surface area contributed by atoms with E-state index in [4.69, 9.17) is 7.85 Å². The zero-order valence-corrected chi connectivity index (χ0v) is 6.52. The molecule has 0 heterocycles. The van der Waals surface area contributed by atoms with Crippen LogP contribution in [0, 0.1) is 0 Å². The Morgan fingerprint density at radius 2 is 2.00 bits per heavy atom. The highest BCUT2D eigenvalue weighted by Crippen LogP contribution is 1.98. The van der Waals surface area contributed by atoms with Crippen molar-refractivity contribution in [2.24, 2.45) is 0 Å². The molecule has 0 saturated heterocycles. The summed E-state index contributed by atoms with van der Waals surface area (Å²) < 4.78 is 10.9. The zero-order chi connectivity index (χ0) is 7.56. The highest BCUT2D eigenvalue weighted by atomic mass is 32.2. The van der Waals surface area contributed by atoms with Crippen LogP contribution in [0.2, 0.25) is 0 Å². The van der Waals surface area contributed by atoms with Gasteiger partial charge in [-0.05, 0) is 6.07 Å². The number of rotatable bonds is 1. The summed E-state index contributed by atoms with van der Waals surface area (Å²) in [6.07, 6.45) is 1.62. The molecule has 0 aliphatic heterocycles. The van der Waals surface area contributed by atoms with E-state index in [1.807, 2.05) is 12.1 Å². The molecular formula is C7H7BOS. The summed E-state index contributed by atoms with van der Waals surface area (Å²) in [5.74, 6) is 0. The third-order valence-corrected chi connectivity index (χ3v) is 2.22. The molecule has 0 amide bonds. The van der Waals surface area contributed by atoms with Crippen LogP contribution in [-0.4, -0.2) is 18.3 Å². The molecule has 1 nitrogen and oxygen atoms in total. The smallest absolute Gasteiger partial charge is 0.115 e. The summed E-state index contributed by atoms with van der Waals surface area (Å²) in [5, 5.41) is 0. The lowest BCUT2D eigenvalue weighted by atomic mass is 9.97. The second-order valence-electron chi connectivity index (χ2n) is 1.99. The fourth-order valence-corrected chi connectivity index (χ4v) is 1.41. The van der Waals surface area contributed by atoms with Gasteiger partial charge in [-0.3, -0.25) is 4.21 Å². The summed E-state index contributed by atoms with van der Waals surface area (Å²) in [7, 11) is 4.56. The van der Waals surface area contributed by atoms with Crippen molar-refractivity contribution in [3.05, 3.63) is 24.3 Å². The molecule has 0 aromatic heterocycles. The van der Waals surface area contributed by atoms with Gasteiger partial charge < -0.3 is 0 Å². The van der Waals surface area contributed by atoms with Gasteiger partial charge in [-0.1, -0.05) is 23.7 Å². The monoisotopic (exact) mass is 150 g/mol. The van der Waals surface area contributed by atoms with E-state index in [9.17, 15) is 4.21 Å². The molecule has 0 bridgehead atoms. The molecule has 1 aromatic rings. The Bertz CT molecular complexity index is 260. The first-order valence-corrected chi connectivity index (χ1v) is 4.45. The molecule has 10 heavy (non-hydrogen) atoms. The molecule has 50 valence electrons. The minimum Gasteiger partial charge on any atom is -0.255 e. The van der Waals surface area contributed by atoms with Gasteiger partial charge in [0.05, 0.1) is 0 Å². The molecular weight excluding hydrogens is 143 g/mol. The summed E-state index contributed by atoms with van der Waals surface area (Å²) in [5.41, 5.74) is 0.600. The van der Waals surface area contributed by atoms with Crippen LogP contribution in [0.5, 0.6) is 0 Å². The Hall–Kier alpha value is -0.565. The molecule has 1 unspecified atom stereocenters. The third kappa shape index (κ3) is 1.48. The van der Waals surface area contributed by atoms with Gasteiger partial charge in [-0.25, -0.2) is 0 Å². The Labute approximate surface area is 64.3 Å². The summed E-state index contributed by atoms with van der Waals surface area (Å²) >= 11 is 0. The van der Waals surface area contributed by atoms with Crippen LogP contribution in [0.3, 0.4) is 0 Å². The van der Waals surface area contributed by atoms with E-state index in [2.05, 4.69) is 0 Å². The van der Waals surface area contributed by atoms with Gasteiger partial charge in [0.1, 0.15) is 7.85 Å². The van der Waals surface area contributed by atoms with Gasteiger partial charge in [0.25, 0.3) is 0 Å². The standard InChI is InChI=1S/C7H7BOS/c1-10(9)7-5-3-2-4-6(7)8/h2-5H,1H3. The normalized spacial score (nSPS) is 12.9. The van der Waals surface area contributed by atoms with Gasteiger partial charge in [-0.2, -0.15) is 0 Å². The molecule has 2 radical (unpaired) electrons. The molecule has 1 rings (SSSR count). The first kappa shape index (κ1) is 7.54. The summed E-state index contributed by atoms with van der Waals surface area (Å²) in [6.45, 7) is 0. The highest BCUT2D eigenvalue weighted by Gasteiger charge is 1.97. The summed E-state index contributed by atoms with van der Waals surface area (Å²) in [4.78, 5) is 0.711. The van der Waals surface area contributed by atoms with Crippen molar-refractivity contribution in [2.75, 3.05) is 6.26 Å². The number of hydrogen-bond donors (Lipinski definition) is 0. The van der Waals surface area contributed by atoms with E-state index in [1.165, 1.54) is 0 Å². The lowest BCUT2D eigenvalue weighted by Gasteiger charge is -1.99. The predicted octanol–water partition coefficient (Wildman–Crippen LogP) is 0.218. The maximum atomic E-state index is 10.9. The quantitative estimate of drug-likeness (QED) is 0.523. The van der Waals surface area contributed by atoms with Crippen LogP contribution >= 0.6 is 0 Å². The van der Waals surface area contributed by atoms with E-state index >= 15 is 0 Å². The SMILES string of the molecule is [B]c1ccccc1S(C)=O. The van der Waals surface area contributed by atoms with Crippen molar-refractivity contribution in [3.8, 4) is 0 Å². The van der Waals surface area contributed by atoms with Crippen LogP contribution < -0.4 is 5.46 Å². The largest absolute Gasteiger partial charge is 0.255 e. The Kier molecular flexibility index (Phi) is 2.27. The first-order chi connectivity index (χ1) is 4.72. The van der Waals surface area contributed by atoms with Crippen LogP contribution in [-0.2, 0) is 10.8 Å². The molecule has 0 saturated carbocycles. The van der Waals surface area contributed by atoms with Crippen LogP contribution in [0.4, 0.5) is 0 Å². The van der Waals surface area contributed by atoms with E-state index in [-0.39, 0.29) is 0 Å². The molecule has 1 aromatic carbocycles. The highest BCUT2D eigenvalue weighted by molar-refractivity contribution is 7.84. The summed E-state index contributed by atoms with van der Waals surface area (Å²) in [6, 6.07) is 7.17. The third-order valence-electron chi connectivity index (χ3n) is 1.23. The van der Waals surface area contributed by atoms with Crippen molar-refractivity contribution in [3.63, 3.8) is 0 Å². The van der Waals surface area contributed by atoms with E-state index in [0.717, 1.165) is 0 Å². The molecule has 1 atom stereocenters. The zero-order valence-electron chi connectivity index (χ0n) is 5.70. The molecule has 0 fully saturated rings. The van der Waals surface area contributed by atoms with Gasteiger partial charge in [0.15, 0.2) is 0 Å². The molecule has 0 spiro atoms. The van der Waals surface area contributed by atoms with E-state index in [0.29, 0.717) is 10.4 Å². The minimum atomic E-state index is -0.966. The van der Waals surface area contributed by atoms with Crippen molar-refractivity contribution in [2.45, 2.75) is 4.90 Å². The van der Waals surface area contributed by atoms with Gasteiger partial charge in [0.2, 0.25) is 0 Å². The van der Waals surface area contributed by atoms with Crippen LogP contribution in [0.25, 0.3) is 0 Å². The van der Waals surface area contributed by atoms with Crippen molar-refractivity contribution < 1.29 is 4.21 Å². The number of hydrogen-bond acceptors (Lipinski definition) is 1. The van der Waals surface area contributed by atoms with Gasteiger partial charge in [0, 0.05) is 22.0 Å². The second kappa shape index (κ2) is 3.02. The van der Waals surface area contributed by atoms with Crippen molar-refractivity contribution >= 4 is 24.1 Å². The average molecular weight is 150 g/mol. The van der Waals surface area contributed by atoms with Crippen LogP contribution in [0.1, 0.15) is 0 Å². The van der Waals surface area contributed by atoms with Crippen molar-refractivity contribution in [1.82, 2.24) is 0 Å². The van der Waals surface area contributed by atoms with Gasteiger partial charge >= 0.3 is 0 Å². The Balaban J connectivity index is 3.15. The average Bonchev–Trinajstić information content (AvgIpc) is 1.88. The number of benzene rings is 1. The maximum absolute atomic E-state index is 10.9. The maximum Gasteiger partial charge on any atom is 0.115 e. The lowest BCUT2D eigenvalue weighted by Crippen LogP contribution is -2.09. The topological polar surface area (TPSA) is 17.1 Å². The predicted molar refractivity (Wildman–Crippen MR) is 44.2 cm³/mol. The Morgan fingerprint density at radius 1 is 1.40 bits per heavy atom. The lowest BCUT2D eigenvalue weighted by molar-refractivity contribution is 0.687. The Morgan fingerprint density at radius 3 is 2.40 bits per heavy atom. The van der Waals surface area contributed by atoms with Crippen molar-refractivity contribution in [1.29, 1.82) is 0 Å². The van der Waals surface area contributed by atoms with E-state index < -0.39 is 10.8 Å². The molecule has 0 aliphatic carbocycles.